The Balaban J connectivity index is 1.79. The lowest BCUT2D eigenvalue weighted by Crippen LogP contribution is -2.52. The van der Waals surface area contributed by atoms with E-state index in [1.807, 2.05) is 31.2 Å². The molecule has 1 N–H and O–H groups in total. The summed E-state index contributed by atoms with van der Waals surface area (Å²) in [5.74, 6) is -0.668. The molecule has 0 unspecified atom stereocenters. The van der Waals surface area contributed by atoms with Crippen molar-refractivity contribution < 1.29 is 18.0 Å². The van der Waals surface area contributed by atoms with Crippen molar-refractivity contribution in [1.29, 1.82) is 0 Å². The quantitative estimate of drug-likeness (QED) is 0.539. The summed E-state index contributed by atoms with van der Waals surface area (Å²) in [5, 5.41) is 3.51. The number of halogens is 1. The van der Waals surface area contributed by atoms with Crippen LogP contribution in [0.3, 0.4) is 0 Å². The third-order valence-electron chi connectivity index (χ3n) is 6.43. The maximum atomic E-state index is 13.4. The first-order valence-corrected chi connectivity index (χ1v) is 13.8. The minimum atomic E-state index is -3.91. The second-order valence-corrected chi connectivity index (χ2v) is 11.7. The van der Waals surface area contributed by atoms with Crippen molar-refractivity contribution in [2.24, 2.45) is 0 Å². The Morgan fingerprint density at radius 2 is 1.74 bits per heavy atom. The molecule has 0 spiro atoms. The van der Waals surface area contributed by atoms with Crippen molar-refractivity contribution in [3.8, 4) is 0 Å². The summed E-state index contributed by atoms with van der Waals surface area (Å²) < 4.78 is 27.0. The Kier molecular flexibility index (Phi) is 9.33. The Labute approximate surface area is 213 Å². The number of carbonyl (C=O) groups excluding carboxylic acids is 2. The van der Waals surface area contributed by atoms with Crippen molar-refractivity contribution in [2.45, 2.75) is 69.5 Å². The second kappa shape index (κ2) is 12.0. The molecule has 7 nitrogen and oxygen atoms in total. The fourth-order valence-corrected chi connectivity index (χ4v) is 5.56. The van der Waals surface area contributed by atoms with E-state index in [0.29, 0.717) is 5.02 Å². The summed E-state index contributed by atoms with van der Waals surface area (Å²) in [6.07, 6.45) is 5.21. The SMILES string of the molecule is Cc1cccc(CN(C(=O)CN(C)S(=O)(=O)c2ccc(Cl)cc2)[C@@H](C)C(=O)NC2CCCCC2)c1. The topological polar surface area (TPSA) is 86.8 Å². The van der Waals surface area contributed by atoms with Gasteiger partial charge in [-0.15, -0.1) is 0 Å². The summed E-state index contributed by atoms with van der Waals surface area (Å²) in [6.45, 7) is 3.47. The molecule has 1 saturated carbocycles. The maximum Gasteiger partial charge on any atom is 0.243 e. The van der Waals surface area contributed by atoms with Crippen LogP contribution in [0.5, 0.6) is 0 Å². The van der Waals surface area contributed by atoms with E-state index >= 15 is 0 Å². The number of rotatable bonds is 9. The summed E-state index contributed by atoms with van der Waals surface area (Å²) >= 11 is 5.88. The molecule has 1 fully saturated rings. The predicted octanol–water partition coefficient (Wildman–Crippen LogP) is 4.14. The highest BCUT2D eigenvalue weighted by Gasteiger charge is 2.31. The van der Waals surface area contributed by atoms with Crippen molar-refractivity contribution in [1.82, 2.24) is 14.5 Å². The van der Waals surface area contributed by atoms with E-state index in [2.05, 4.69) is 5.32 Å². The summed E-state index contributed by atoms with van der Waals surface area (Å²) in [6, 6.07) is 12.9. The van der Waals surface area contributed by atoms with Gasteiger partial charge in [0.15, 0.2) is 0 Å². The van der Waals surface area contributed by atoms with Gasteiger partial charge in [-0.25, -0.2) is 8.42 Å². The number of hydrogen-bond acceptors (Lipinski definition) is 4. The molecule has 3 rings (SSSR count). The summed E-state index contributed by atoms with van der Waals surface area (Å²) in [5.41, 5.74) is 1.91. The standard InChI is InChI=1S/C26H34ClN3O4S/c1-19-8-7-9-21(16-19)17-30(20(2)26(32)28-23-10-5-4-6-11-23)25(31)18-29(3)35(33,34)24-14-12-22(27)13-15-24/h7-9,12-16,20,23H,4-6,10-11,17-18H2,1-3H3,(H,28,32)/t20-/m0/s1. The van der Waals surface area contributed by atoms with Gasteiger partial charge in [0, 0.05) is 24.7 Å². The molecule has 35 heavy (non-hydrogen) atoms. The van der Waals surface area contributed by atoms with E-state index in [-0.39, 0.29) is 23.4 Å². The summed E-state index contributed by atoms with van der Waals surface area (Å²) in [4.78, 5) is 28.0. The normalized spacial score (nSPS) is 15.6. The summed E-state index contributed by atoms with van der Waals surface area (Å²) in [7, 11) is -2.55. The molecule has 0 aliphatic heterocycles. The van der Waals surface area contributed by atoms with Crippen molar-refractivity contribution in [2.75, 3.05) is 13.6 Å². The molecule has 0 saturated heterocycles. The average Bonchev–Trinajstić information content (AvgIpc) is 2.83. The molecule has 1 atom stereocenters. The highest BCUT2D eigenvalue weighted by molar-refractivity contribution is 7.89. The molecular weight excluding hydrogens is 486 g/mol. The highest BCUT2D eigenvalue weighted by Crippen LogP contribution is 2.20. The molecule has 2 aromatic rings. The number of likely N-dealkylation sites (N-methyl/N-ethyl adjacent to an activating group) is 1. The number of aryl methyl sites for hydroxylation is 1. The fourth-order valence-electron chi connectivity index (χ4n) is 4.31. The lowest BCUT2D eigenvalue weighted by molar-refractivity contribution is -0.141. The van der Waals surface area contributed by atoms with Gasteiger partial charge in [-0.2, -0.15) is 4.31 Å². The zero-order chi connectivity index (χ0) is 25.6. The van der Waals surface area contributed by atoms with Crippen LogP contribution in [0, 0.1) is 6.92 Å². The van der Waals surface area contributed by atoms with Gasteiger partial charge in [0.25, 0.3) is 0 Å². The molecule has 2 aromatic carbocycles. The molecule has 190 valence electrons. The predicted molar refractivity (Wildman–Crippen MR) is 137 cm³/mol. The molecule has 0 bridgehead atoms. The van der Waals surface area contributed by atoms with Crippen LogP contribution in [0.15, 0.2) is 53.4 Å². The van der Waals surface area contributed by atoms with Crippen LogP contribution >= 0.6 is 11.6 Å². The van der Waals surface area contributed by atoms with E-state index in [4.69, 9.17) is 11.6 Å². The Morgan fingerprint density at radius 3 is 2.37 bits per heavy atom. The number of benzene rings is 2. The fraction of sp³-hybridized carbons (Fsp3) is 0.462. The first-order valence-electron chi connectivity index (χ1n) is 11.9. The maximum absolute atomic E-state index is 13.4. The molecule has 2 amide bonds. The van der Waals surface area contributed by atoms with E-state index in [1.54, 1.807) is 6.92 Å². The van der Waals surface area contributed by atoms with Crippen LogP contribution in [0.4, 0.5) is 0 Å². The Hall–Kier alpha value is -2.42. The molecule has 0 heterocycles. The number of sulfonamides is 1. The smallest absolute Gasteiger partial charge is 0.243 e. The van der Waals surface area contributed by atoms with Gasteiger partial charge in [0.2, 0.25) is 21.8 Å². The molecule has 1 aliphatic rings. The number of amides is 2. The lowest BCUT2D eigenvalue weighted by Gasteiger charge is -2.32. The van der Waals surface area contributed by atoms with Gasteiger partial charge in [-0.05, 0) is 56.5 Å². The van der Waals surface area contributed by atoms with Gasteiger partial charge in [0.1, 0.15) is 6.04 Å². The third-order valence-corrected chi connectivity index (χ3v) is 8.50. The van der Waals surface area contributed by atoms with E-state index in [9.17, 15) is 18.0 Å². The Bertz CT molecular complexity index is 1130. The molecule has 0 radical (unpaired) electrons. The monoisotopic (exact) mass is 519 g/mol. The van der Waals surface area contributed by atoms with Crippen molar-refractivity contribution >= 4 is 33.4 Å². The minimum Gasteiger partial charge on any atom is -0.352 e. The minimum absolute atomic E-state index is 0.0468. The number of nitrogens with one attached hydrogen (secondary N) is 1. The van der Waals surface area contributed by atoms with Gasteiger partial charge in [-0.1, -0.05) is 60.7 Å². The van der Waals surface area contributed by atoms with E-state index in [1.165, 1.54) is 42.6 Å². The van der Waals surface area contributed by atoms with Crippen molar-refractivity contribution in [3.05, 3.63) is 64.7 Å². The molecule has 0 aromatic heterocycles. The van der Waals surface area contributed by atoms with Crippen LogP contribution < -0.4 is 5.32 Å². The average molecular weight is 520 g/mol. The molecular formula is C26H34ClN3O4S. The second-order valence-electron chi connectivity index (χ2n) is 9.25. The van der Waals surface area contributed by atoms with Gasteiger partial charge in [-0.3, -0.25) is 9.59 Å². The van der Waals surface area contributed by atoms with Crippen LogP contribution in [-0.2, 0) is 26.2 Å². The lowest BCUT2D eigenvalue weighted by atomic mass is 9.95. The highest BCUT2D eigenvalue weighted by atomic mass is 35.5. The van der Waals surface area contributed by atoms with Gasteiger partial charge in [0.05, 0.1) is 11.4 Å². The first kappa shape index (κ1) is 27.2. The van der Waals surface area contributed by atoms with Gasteiger partial charge < -0.3 is 10.2 Å². The zero-order valence-electron chi connectivity index (χ0n) is 20.5. The van der Waals surface area contributed by atoms with E-state index in [0.717, 1.165) is 41.1 Å². The van der Waals surface area contributed by atoms with Gasteiger partial charge >= 0.3 is 0 Å². The number of hydrogen-bond donors (Lipinski definition) is 1. The first-order chi connectivity index (χ1) is 16.6. The molecule has 1 aliphatic carbocycles. The van der Waals surface area contributed by atoms with Crippen molar-refractivity contribution in [3.63, 3.8) is 0 Å². The Morgan fingerprint density at radius 1 is 1.09 bits per heavy atom. The zero-order valence-corrected chi connectivity index (χ0v) is 22.1. The van der Waals surface area contributed by atoms with Crippen LogP contribution in [0.2, 0.25) is 5.02 Å². The largest absolute Gasteiger partial charge is 0.352 e. The third kappa shape index (κ3) is 7.29. The number of carbonyl (C=O) groups is 2. The van der Waals surface area contributed by atoms with Crippen LogP contribution in [0.1, 0.15) is 50.2 Å². The number of nitrogens with zero attached hydrogens (tertiary/aromatic N) is 2. The van der Waals surface area contributed by atoms with Crippen LogP contribution in [0.25, 0.3) is 0 Å². The van der Waals surface area contributed by atoms with Crippen LogP contribution in [-0.4, -0.2) is 55.1 Å². The van der Waals surface area contributed by atoms with E-state index < -0.39 is 28.5 Å². The molecule has 9 heteroatoms.